The van der Waals surface area contributed by atoms with Crippen LogP contribution in [-0.4, -0.2) is 64.0 Å². The van der Waals surface area contributed by atoms with Gasteiger partial charge >= 0.3 is 11.9 Å². The number of carboxylic acids is 2. The van der Waals surface area contributed by atoms with Gasteiger partial charge in [0, 0.05) is 54.5 Å². The van der Waals surface area contributed by atoms with E-state index in [1.54, 1.807) is 24.3 Å². The molecule has 0 spiro atoms. The molecule has 0 radical (unpaired) electrons. The summed E-state index contributed by atoms with van der Waals surface area (Å²) in [5.74, 6) is -6.09. The minimum Gasteiger partial charge on any atom is -0.478 e. The third kappa shape index (κ3) is 8.71. The molecule has 2 saturated heterocycles. The molecule has 14 heteroatoms. The summed E-state index contributed by atoms with van der Waals surface area (Å²) in [6, 6.07) is 7.53. The van der Waals surface area contributed by atoms with Crippen molar-refractivity contribution in [3.63, 3.8) is 0 Å². The fourth-order valence-electron chi connectivity index (χ4n) is 4.22. The van der Waals surface area contributed by atoms with Crippen molar-refractivity contribution in [2.75, 3.05) is 18.1 Å². The first kappa shape index (κ1) is 30.4. The van der Waals surface area contributed by atoms with Crippen LogP contribution in [0.4, 0.5) is 18.9 Å². The third-order valence-electron chi connectivity index (χ3n) is 6.11. The summed E-state index contributed by atoms with van der Waals surface area (Å²) in [4.78, 5) is 45.8. The Balaban J connectivity index is 0.000000482. The number of likely N-dealkylation sites (tertiary alicyclic amines) is 1. The van der Waals surface area contributed by atoms with Crippen LogP contribution in [0.3, 0.4) is 0 Å². The summed E-state index contributed by atoms with van der Waals surface area (Å²) in [5, 5.41) is 20.7. The van der Waals surface area contributed by atoms with E-state index < -0.39 is 35.4 Å². The largest absolute Gasteiger partial charge is 0.478 e. The van der Waals surface area contributed by atoms with Crippen molar-refractivity contribution in [2.24, 2.45) is 0 Å². The Bertz CT molecular complexity index is 1270. The van der Waals surface area contributed by atoms with Crippen LogP contribution in [0.5, 0.6) is 0 Å². The summed E-state index contributed by atoms with van der Waals surface area (Å²) in [6.07, 6.45) is 2.35. The molecule has 214 valence electrons. The van der Waals surface area contributed by atoms with Gasteiger partial charge in [-0.25, -0.2) is 22.8 Å². The number of nitrogens with one attached hydrogen (secondary N) is 2. The van der Waals surface area contributed by atoms with Crippen molar-refractivity contribution < 1.29 is 42.6 Å². The number of hydrogen-bond donors (Lipinski definition) is 4. The molecule has 0 aromatic heterocycles. The van der Waals surface area contributed by atoms with Crippen LogP contribution in [-0.2, 0) is 25.7 Å². The van der Waals surface area contributed by atoms with E-state index in [9.17, 15) is 32.3 Å². The van der Waals surface area contributed by atoms with Crippen LogP contribution < -0.4 is 15.8 Å². The molecule has 4 rings (SSSR count). The van der Waals surface area contributed by atoms with Gasteiger partial charge in [-0.1, -0.05) is 11.6 Å². The van der Waals surface area contributed by atoms with Gasteiger partial charge in [0.05, 0.1) is 12.1 Å². The summed E-state index contributed by atoms with van der Waals surface area (Å²) < 4.78 is 40.8. The maximum absolute atomic E-state index is 13.9. The van der Waals surface area contributed by atoms with E-state index in [1.807, 2.05) is 4.90 Å². The first-order valence-corrected chi connectivity index (χ1v) is 12.4. The predicted molar refractivity (Wildman–Crippen MR) is 138 cm³/mol. The lowest BCUT2D eigenvalue weighted by atomic mass is 10.0. The van der Waals surface area contributed by atoms with Crippen LogP contribution in [0.2, 0.25) is 5.02 Å². The van der Waals surface area contributed by atoms with E-state index in [1.165, 1.54) is 5.01 Å². The molecule has 4 N–H and O–H groups in total. The molecule has 0 bridgehead atoms. The average Bonchev–Trinajstić information content (AvgIpc) is 3.29. The van der Waals surface area contributed by atoms with Crippen molar-refractivity contribution in [3.8, 4) is 0 Å². The molecule has 40 heavy (non-hydrogen) atoms. The minimum absolute atomic E-state index is 0.0286. The number of carboxylic acid groups (broad SMARTS) is 2. The Kier molecular flexibility index (Phi) is 10.5. The van der Waals surface area contributed by atoms with Gasteiger partial charge < -0.3 is 15.5 Å². The molecule has 2 aromatic rings. The fraction of sp³-hybridized carbons (Fsp3) is 0.308. The normalized spacial score (nSPS) is 17.8. The van der Waals surface area contributed by atoms with Gasteiger partial charge in [0.2, 0.25) is 11.8 Å². The second-order valence-corrected chi connectivity index (χ2v) is 9.47. The zero-order valence-corrected chi connectivity index (χ0v) is 21.7. The number of nitrogens with zero attached hydrogens (tertiary/aromatic N) is 2. The molecule has 2 amide bonds. The molecule has 0 aliphatic carbocycles. The molecule has 10 nitrogen and oxygen atoms in total. The lowest BCUT2D eigenvalue weighted by molar-refractivity contribution is -0.134. The molecule has 1 unspecified atom stereocenters. The van der Waals surface area contributed by atoms with E-state index in [2.05, 4.69) is 10.7 Å². The summed E-state index contributed by atoms with van der Waals surface area (Å²) in [6.45, 7) is 1.16. The summed E-state index contributed by atoms with van der Waals surface area (Å²) in [7, 11) is 0. The molecule has 2 aliphatic rings. The van der Waals surface area contributed by atoms with Crippen LogP contribution in [0.25, 0.3) is 0 Å². The topological polar surface area (TPSA) is 139 Å². The number of rotatable bonds is 7. The molecular weight excluding hydrogens is 557 g/mol. The number of hydrogen-bond acceptors (Lipinski definition) is 6. The van der Waals surface area contributed by atoms with E-state index in [-0.39, 0.29) is 36.4 Å². The third-order valence-corrected chi connectivity index (χ3v) is 6.36. The number of carbonyl (C=O) groups excluding carboxylic acids is 2. The number of piperidine rings is 1. The number of hydrazine groups is 1. The first-order valence-electron chi connectivity index (χ1n) is 12.1. The molecule has 1 atom stereocenters. The van der Waals surface area contributed by atoms with Crippen molar-refractivity contribution >= 4 is 41.0 Å². The quantitative estimate of drug-likeness (QED) is 0.289. The van der Waals surface area contributed by atoms with Gasteiger partial charge in [-0.2, -0.15) is 0 Å². The number of aliphatic carboxylic acids is 2. The van der Waals surface area contributed by atoms with E-state index in [0.717, 1.165) is 6.07 Å². The molecule has 0 saturated carbocycles. The minimum atomic E-state index is -1.26. The predicted octanol–water partition coefficient (Wildman–Crippen LogP) is 2.86. The van der Waals surface area contributed by atoms with Gasteiger partial charge in [-0.15, -0.1) is 0 Å². The van der Waals surface area contributed by atoms with Gasteiger partial charge in [0.25, 0.3) is 0 Å². The second kappa shape index (κ2) is 13.8. The van der Waals surface area contributed by atoms with Crippen LogP contribution in [0.1, 0.15) is 24.8 Å². The SMILES string of the molecule is O=C(O)/C=C\C(=O)O.O=C1CC(C(=O)NC2CCN(Cc3cc(F)cc(F)c3F)CC2)N(c2ccc(Cl)cc2)N1. The zero-order valence-electron chi connectivity index (χ0n) is 20.9. The molecule has 2 heterocycles. The lowest BCUT2D eigenvalue weighted by Gasteiger charge is -2.33. The molecule has 2 aliphatic heterocycles. The van der Waals surface area contributed by atoms with Crippen LogP contribution >= 0.6 is 11.6 Å². The highest BCUT2D eigenvalue weighted by atomic mass is 35.5. The molecular formula is C26H26ClF3N4O6. The first-order chi connectivity index (χ1) is 18.9. The van der Waals surface area contributed by atoms with E-state index >= 15 is 0 Å². The van der Waals surface area contributed by atoms with Crippen molar-refractivity contribution in [3.05, 3.63) is 76.6 Å². The maximum Gasteiger partial charge on any atom is 0.328 e. The summed E-state index contributed by atoms with van der Waals surface area (Å²) >= 11 is 5.91. The monoisotopic (exact) mass is 582 g/mol. The van der Waals surface area contributed by atoms with Crippen molar-refractivity contribution in [1.82, 2.24) is 15.6 Å². The number of benzene rings is 2. The van der Waals surface area contributed by atoms with Gasteiger partial charge in [0.15, 0.2) is 11.6 Å². The van der Waals surface area contributed by atoms with Crippen molar-refractivity contribution in [1.29, 1.82) is 0 Å². The Morgan fingerprint density at radius 3 is 2.20 bits per heavy atom. The average molecular weight is 583 g/mol. The van der Waals surface area contributed by atoms with Gasteiger partial charge in [-0.3, -0.25) is 24.9 Å². The number of halogens is 4. The maximum atomic E-state index is 13.9. The zero-order chi connectivity index (χ0) is 29.4. The summed E-state index contributed by atoms with van der Waals surface area (Å²) in [5.41, 5.74) is 3.32. The van der Waals surface area contributed by atoms with Gasteiger partial charge in [0.1, 0.15) is 11.9 Å². The van der Waals surface area contributed by atoms with Crippen molar-refractivity contribution in [2.45, 2.75) is 37.9 Å². The Labute approximate surface area is 232 Å². The Morgan fingerprint density at radius 1 is 1.02 bits per heavy atom. The molecule has 2 aromatic carbocycles. The Morgan fingerprint density at radius 2 is 1.62 bits per heavy atom. The lowest BCUT2D eigenvalue weighted by Crippen LogP contribution is -2.52. The smallest absolute Gasteiger partial charge is 0.328 e. The highest BCUT2D eigenvalue weighted by molar-refractivity contribution is 6.30. The number of amides is 2. The van der Waals surface area contributed by atoms with Gasteiger partial charge in [-0.05, 0) is 43.2 Å². The highest BCUT2D eigenvalue weighted by Crippen LogP contribution is 2.24. The van der Waals surface area contributed by atoms with Crippen LogP contribution in [0.15, 0.2) is 48.6 Å². The fourth-order valence-corrected chi connectivity index (χ4v) is 4.35. The second-order valence-electron chi connectivity index (χ2n) is 9.03. The number of anilines is 1. The van der Waals surface area contributed by atoms with E-state index in [0.29, 0.717) is 54.9 Å². The highest BCUT2D eigenvalue weighted by Gasteiger charge is 2.37. The van der Waals surface area contributed by atoms with Crippen LogP contribution in [0, 0.1) is 17.5 Å². The molecule has 2 fully saturated rings. The Hall–Kier alpha value is -4.10. The van der Waals surface area contributed by atoms with E-state index in [4.69, 9.17) is 21.8 Å². The number of carbonyl (C=O) groups is 4. The standard InChI is InChI=1S/C22H22ClF3N4O2.C4H4O4/c23-14-1-3-17(4-2-14)30-19(11-20(31)28-30)22(32)27-16-5-7-29(8-6-16)12-13-9-15(24)10-18(25)21(13)26;5-3(6)1-2-4(7)8/h1-4,9-10,16,19H,5-8,11-12H2,(H,27,32)(H,28,31);1-2H,(H,5,6)(H,7,8)/b;2-1-.